The summed E-state index contributed by atoms with van der Waals surface area (Å²) in [6, 6.07) is 6.99. The number of hydrogen-bond donors (Lipinski definition) is 1. The quantitative estimate of drug-likeness (QED) is 0.678. The van der Waals surface area contributed by atoms with Crippen molar-refractivity contribution in [3.63, 3.8) is 0 Å². The van der Waals surface area contributed by atoms with Crippen molar-refractivity contribution >= 4 is 0 Å². The van der Waals surface area contributed by atoms with Gasteiger partial charge in [0.2, 0.25) is 0 Å². The third-order valence-electron chi connectivity index (χ3n) is 2.79. The molecule has 1 rings (SSSR count). The minimum absolute atomic E-state index is 0.176. The molecule has 0 spiro atoms. The van der Waals surface area contributed by atoms with Gasteiger partial charge in [-0.2, -0.15) is 0 Å². The first-order valence-electron chi connectivity index (χ1n) is 6.84. The molecular formula is C15H24FNO. The summed E-state index contributed by atoms with van der Waals surface area (Å²) in [4.78, 5) is 0. The summed E-state index contributed by atoms with van der Waals surface area (Å²) in [5.74, 6) is -0.176. The number of hydrogen-bond acceptors (Lipinski definition) is 2. The lowest BCUT2D eigenvalue weighted by Gasteiger charge is -2.19. The number of nitrogens with one attached hydrogen (secondary N) is 1. The van der Waals surface area contributed by atoms with Gasteiger partial charge < -0.3 is 10.1 Å². The van der Waals surface area contributed by atoms with Crippen LogP contribution in [0.1, 0.15) is 44.7 Å². The molecule has 0 bridgehead atoms. The number of ether oxygens (including phenoxy) is 1. The van der Waals surface area contributed by atoms with Crippen LogP contribution in [0.3, 0.4) is 0 Å². The second-order valence-electron chi connectivity index (χ2n) is 4.46. The molecule has 0 aromatic heterocycles. The Hall–Kier alpha value is -0.930. The van der Waals surface area contributed by atoms with Crippen molar-refractivity contribution < 1.29 is 9.13 Å². The van der Waals surface area contributed by atoms with E-state index in [0.29, 0.717) is 6.61 Å². The first-order valence-corrected chi connectivity index (χ1v) is 6.84. The molecule has 0 radical (unpaired) electrons. The molecule has 1 unspecified atom stereocenters. The summed E-state index contributed by atoms with van der Waals surface area (Å²) in [6.07, 6.45) is 2.98. The van der Waals surface area contributed by atoms with Crippen LogP contribution in [0.25, 0.3) is 0 Å². The molecule has 1 aromatic carbocycles. The molecule has 0 saturated heterocycles. The molecule has 1 atom stereocenters. The van der Waals surface area contributed by atoms with E-state index in [2.05, 4.69) is 19.2 Å². The van der Waals surface area contributed by atoms with Gasteiger partial charge in [0.1, 0.15) is 5.82 Å². The number of halogens is 1. The smallest absolute Gasteiger partial charge is 0.123 e. The van der Waals surface area contributed by atoms with Gasteiger partial charge in [0.25, 0.3) is 0 Å². The van der Waals surface area contributed by atoms with Gasteiger partial charge in [0.05, 0.1) is 0 Å². The fourth-order valence-electron chi connectivity index (χ4n) is 1.88. The third kappa shape index (κ3) is 5.61. The van der Waals surface area contributed by atoms with E-state index >= 15 is 0 Å². The van der Waals surface area contributed by atoms with Crippen LogP contribution in [0.5, 0.6) is 0 Å². The molecule has 18 heavy (non-hydrogen) atoms. The molecule has 0 aliphatic carbocycles. The first-order chi connectivity index (χ1) is 8.77. The van der Waals surface area contributed by atoms with Crippen molar-refractivity contribution in [2.45, 2.75) is 39.2 Å². The zero-order valence-electron chi connectivity index (χ0n) is 11.4. The molecule has 102 valence electrons. The molecule has 0 aliphatic heterocycles. The monoisotopic (exact) mass is 253 g/mol. The molecule has 2 nitrogen and oxygen atoms in total. The summed E-state index contributed by atoms with van der Waals surface area (Å²) in [6.45, 7) is 6.67. The summed E-state index contributed by atoms with van der Waals surface area (Å²) in [5, 5.41) is 3.44. The van der Waals surface area contributed by atoms with Gasteiger partial charge in [-0.15, -0.1) is 0 Å². The normalized spacial score (nSPS) is 12.6. The molecule has 0 heterocycles. The third-order valence-corrected chi connectivity index (χ3v) is 2.79. The highest BCUT2D eigenvalue weighted by Crippen LogP contribution is 2.18. The Morgan fingerprint density at radius 3 is 2.72 bits per heavy atom. The lowest BCUT2D eigenvalue weighted by atomic mass is 10.0. The minimum Gasteiger partial charge on any atom is -0.381 e. The van der Waals surface area contributed by atoms with Crippen LogP contribution >= 0.6 is 0 Å². The zero-order valence-corrected chi connectivity index (χ0v) is 11.4. The maximum absolute atomic E-state index is 13.2. The van der Waals surface area contributed by atoms with E-state index in [9.17, 15) is 4.39 Å². The lowest BCUT2D eigenvalue weighted by molar-refractivity contribution is 0.124. The fourth-order valence-corrected chi connectivity index (χ4v) is 1.88. The Morgan fingerprint density at radius 2 is 2.06 bits per heavy atom. The molecular weight excluding hydrogens is 229 g/mol. The highest BCUT2D eigenvalue weighted by Gasteiger charge is 2.10. The van der Waals surface area contributed by atoms with Crippen molar-refractivity contribution in [3.05, 3.63) is 35.6 Å². The summed E-state index contributed by atoms with van der Waals surface area (Å²) in [7, 11) is 0. The van der Waals surface area contributed by atoms with Gasteiger partial charge in [0, 0.05) is 19.3 Å². The highest BCUT2D eigenvalue weighted by molar-refractivity contribution is 5.20. The molecule has 1 aromatic rings. The van der Waals surface area contributed by atoms with Crippen LogP contribution in [0, 0.1) is 5.82 Å². The Kier molecular flexibility index (Phi) is 7.62. The van der Waals surface area contributed by atoms with E-state index in [0.717, 1.165) is 38.0 Å². The van der Waals surface area contributed by atoms with E-state index in [1.807, 2.05) is 6.07 Å². The fraction of sp³-hybridized carbons (Fsp3) is 0.600. The van der Waals surface area contributed by atoms with E-state index < -0.39 is 0 Å². The molecule has 0 saturated carbocycles. The van der Waals surface area contributed by atoms with E-state index in [1.54, 1.807) is 12.1 Å². The molecule has 0 aliphatic rings. The van der Waals surface area contributed by atoms with Crippen LogP contribution in [-0.4, -0.2) is 19.8 Å². The second-order valence-corrected chi connectivity index (χ2v) is 4.46. The van der Waals surface area contributed by atoms with E-state index in [1.165, 1.54) is 6.07 Å². The van der Waals surface area contributed by atoms with Gasteiger partial charge >= 0.3 is 0 Å². The maximum atomic E-state index is 13.2. The molecule has 0 fully saturated rings. The Bertz CT molecular complexity index is 330. The Balaban J connectivity index is 2.54. The Labute approximate surface area is 110 Å². The minimum atomic E-state index is -0.176. The van der Waals surface area contributed by atoms with Gasteiger partial charge in [-0.3, -0.25) is 0 Å². The lowest BCUT2D eigenvalue weighted by Crippen LogP contribution is -2.23. The first kappa shape index (κ1) is 15.1. The van der Waals surface area contributed by atoms with E-state index in [-0.39, 0.29) is 11.9 Å². The number of rotatable bonds is 9. The van der Waals surface area contributed by atoms with Gasteiger partial charge in [-0.05, 0) is 43.5 Å². The van der Waals surface area contributed by atoms with Gasteiger partial charge in [-0.1, -0.05) is 26.0 Å². The SMILES string of the molecule is CCCNC(CCOCCC)c1cccc(F)c1. The maximum Gasteiger partial charge on any atom is 0.123 e. The van der Waals surface area contributed by atoms with Crippen molar-refractivity contribution in [1.82, 2.24) is 5.32 Å². The van der Waals surface area contributed by atoms with Crippen LogP contribution in [-0.2, 0) is 4.74 Å². The number of benzene rings is 1. The van der Waals surface area contributed by atoms with Gasteiger partial charge in [0.15, 0.2) is 0 Å². The summed E-state index contributed by atoms with van der Waals surface area (Å²) >= 11 is 0. The van der Waals surface area contributed by atoms with Crippen LogP contribution < -0.4 is 5.32 Å². The van der Waals surface area contributed by atoms with Crippen molar-refractivity contribution in [3.8, 4) is 0 Å². The zero-order chi connectivity index (χ0) is 13.2. The van der Waals surface area contributed by atoms with Gasteiger partial charge in [-0.25, -0.2) is 4.39 Å². The van der Waals surface area contributed by atoms with Crippen molar-refractivity contribution in [2.24, 2.45) is 0 Å². The predicted octanol–water partition coefficient (Wildman–Crippen LogP) is 3.68. The molecule has 1 N–H and O–H groups in total. The second kappa shape index (κ2) is 9.06. The molecule has 0 amide bonds. The largest absolute Gasteiger partial charge is 0.381 e. The summed E-state index contributed by atoms with van der Waals surface area (Å²) < 4.78 is 18.7. The highest BCUT2D eigenvalue weighted by atomic mass is 19.1. The average Bonchev–Trinajstić information content (AvgIpc) is 2.38. The Morgan fingerprint density at radius 1 is 1.22 bits per heavy atom. The average molecular weight is 253 g/mol. The van der Waals surface area contributed by atoms with E-state index in [4.69, 9.17) is 4.74 Å². The van der Waals surface area contributed by atoms with Crippen LogP contribution in [0.15, 0.2) is 24.3 Å². The van der Waals surface area contributed by atoms with Crippen molar-refractivity contribution in [2.75, 3.05) is 19.8 Å². The van der Waals surface area contributed by atoms with Crippen LogP contribution in [0.4, 0.5) is 4.39 Å². The van der Waals surface area contributed by atoms with Crippen molar-refractivity contribution in [1.29, 1.82) is 0 Å². The van der Waals surface area contributed by atoms with Crippen LogP contribution in [0.2, 0.25) is 0 Å². The predicted molar refractivity (Wildman–Crippen MR) is 73.2 cm³/mol. The summed E-state index contributed by atoms with van der Waals surface area (Å²) in [5.41, 5.74) is 1.00. The standard InChI is InChI=1S/C15H24FNO/c1-3-9-17-15(8-11-18-10-4-2)13-6-5-7-14(16)12-13/h5-7,12,15,17H,3-4,8-11H2,1-2H3. The topological polar surface area (TPSA) is 21.3 Å². The molecule has 3 heteroatoms.